The maximum atomic E-state index is 12.3. The van der Waals surface area contributed by atoms with E-state index in [0.29, 0.717) is 0 Å². The van der Waals surface area contributed by atoms with Crippen molar-refractivity contribution in [3.63, 3.8) is 0 Å². The zero-order valence-electron chi connectivity index (χ0n) is 11.0. The number of hydrogen-bond acceptors (Lipinski definition) is 5. The van der Waals surface area contributed by atoms with Crippen LogP contribution >= 0.6 is 11.6 Å². The molecule has 19 heavy (non-hydrogen) atoms. The molecule has 0 saturated heterocycles. The number of ketones is 1. The fraction of sp³-hybridized carbons (Fsp3) is 0.308. The molecule has 0 N–H and O–H groups in total. The highest BCUT2D eigenvalue weighted by Gasteiger charge is 2.23. The number of Topliss-reactive ketones (excluding diaryl/α,β-unsaturated/α-hetero) is 1. The average Bonchev–Trinajstić information content (AvgIpc) is 2.36. The van der Waals surface area contributed by atoms with Crippen LogP contribution in [0.25, 0.3) is 0 Å². The summed E-state index contributed by atoms with van der Waals surface area (Å²) in [5.74, 6) is -1.19. The topological polar surface area (TPSA) is 59.5 Å². The number of rotatable bonds is 5. The minimum atomic E-state index is -0.680. The lowest BCUT2D eigenvalue weighted by Gasteiger charge is -2.11. The van der Waals surface area contributed by atoms with Crippen molar-refractivity contribution < 1.29 is 14.3 Å². The van der Waals surface area contributed by atoms with Crippen LogP contribution < -0.4 is 0 Å². The van der Waals surface area contributed by atoms with E-state index in [4.69, 9.17) is 16.3 Å². The van der Waals surface area contributed by atoms with E-state index in [1.165, 1.54) is 18.5 Å². The van der Waals surface area contributed by atoms with Crippen LogP contribution in [0.3, 0.4) is 0 Å². The Kier molecular flexibility index (Phi) is 5.51. The van der Waals surface area contributed by atoms with E-state index >= 15 is 0 Å². The average molecular weight is 283 g/mol. The standard InChI is InChI=1S/C13H15ClN2O3/c1-4-19-13(18)10(8-16(2)3)11(17)9-6-5-7-15-12(9)14/h5-8H,4H2,1-3H3. The smallest absolute Gasteiger partial charge is 0.343 e. The molecule has 1 rings (SSSR count). The normalized spacial score (nSPS) is 11.1. The number of hydrogen-bond donors (Lipinski definition) is 0. The first kappa shape index (κ1) is 15.2. The predicted molar refractivity (Wildman–Crippen MR) is 72.0 cm³/mol. The molecule has 0 bridgehead atoms. The van der Waals surface area contributed by atoms with Gasteiger partial charge in [-0.2, -0.15) is 0 Å². The molecule has 1 aromatic heterocycles. The second-order valence-corrected chi connectivity index (χ2v) is 4.26. The molecule has 0 aliphatic carbocycles. The number of carbonyl (C=O) groups is 2. The molecular formula is C13H15ClN2O3. The molecular weight excluding hydrogens is 268 g/mol. The number of pyridine rings is 1. The zero-order valence-corrected chi connectivity index (χ0v) is 11.8. The summed E-state index contributed by atoms with van der Waals surface area (Å²) in [7, 11) is 3.41. The minimum absolute atomic E-state index is 0.0569. The second-order valence-electron chi connectivity index (χ2n) is 3.90. The number of nitrogens with zero attached hydrogens (tertiary/aromatic N) is 2. The van der Waals surface area contributed by atoms with Gasteiger partial charge in [0.1, 0.15) is 10.7 Å². The lowest BCUT2D eigenvalue weighted by molar-refractivity contribution is -0.138. The molecule has 0 spiro atoms. The van der Waals surface area contributed by atoms with Crippen molar-refractivity contribution in [1.29, 1.82) is 0 Å². The summed E-state index contributed by atoms with van der Waals surface area (Å²) in [5, 5.41) is 0.0569. The highest BCUT2D eigenvalue weighted by molar-refractivity contribution is 6.35. The maximum Gasteiger partial charge on any atom is 0.343 e. The SMILES string of the molecule is CCOC(=O)C(=CN(C)C)C(=O)c1cccnc1Cl. The molecule has 0 atom stereocenters. The number of aromatic nitrogens is 1. The molecule has 1 heterocycles. The van der Waals surface area contributed by atoms with E-state index in [-0.39, 0.29) is 22.9 Å². The molecule has 0 amide bonds. The fourth-order valence-electron chi connectivity index (χ4n) is 1.37. The van der Waals surface area contributed by atoms with Crippen LogP contribution in [0, 0.1) is 0 Å². The largest absolute Gasteiger partial charge is 0.462 e. The molecule has 0 fully saturated rings. The van der Waals surface area contributed by atoms with Crippen molar-refractivity contribution in [2.45, 2.75) is 6.92 Å². The van der Waals surface area contributed by atoms with Crippen molar-refractivity contribution in [3.8, 4) is 0 Å². The zero-order chi connectivity index (χ0) is 14.4. The fourth-order valence-corrected chi connectivity index (χ4v) is 1.58. The van der Waals surface area contributed by atoms with Crippen LogP contribution in [0.5, 0.6) is 0 Å². The van der Waals surface area contributed by atoms with Gasteiger partial charge in [-0.1, -0.05) is 11.6 Å². The Hall–Kier alpha value is -1.88. The summed E-state index contributed by atoms with van der Waals surface area (Å²) in [6.07, 6.45) is 2.88. The summed E-state index contributed by atoms with van der Waals surface area (Å²) < 4.78 is 4.87. The number of halogens is 1. The van der Waals surface area contributed by atoms with Crippen molar-refractivity contribution in [2.75, 3.05) is 20.7 Å². The molecule has 1 aromatic rings. The van der Waals surface area contributed by atoms with E-state index in [1.807, 2.05) is 0 Å². The number of carbonyl (C=O) groups excluding carboxylic acids is 2. The van der Waals surface area contributed by atoms with Crippen molar-refractivity contribution >= 4 is 23.4 Å². The van der Waals surface area contributed by atoms with Crippen LogP contribution in [-0.2, 0) is 9.53 Å². The van der Waals surface area contributed by atoms with E-state index in [2.05, 4.69) is 4.98 Å². The number of ether oxygens (including phenoxy) is 1. The highest BCUT2D eigenvalue weighted by Crippen LogP contribution is 2.17. The Bertz CT molecular complexity index is 512. The molecule has 0 unspecified atom stereocenters. The van der Waals surface area contributed by atoms with E-state index in [9.17, 15) is 9.59 Å². The maximum absolute atomic E-state index is 12.3. The van der Waals surface area contributed by atoms with Gasteiger partial charge < -0.3 is 9.64 Å². The van der Waals surface area contributed by atoms with Crippen LogP contribution in [0.4, 0.5) is 0 Å². The Morgan fingerprint density at radius 1 is 1.47 bits per heavy atom. The highest BCUT2D eigenvalue weighted by atomic mass is 35.5. The van der Waals surface area contributed by atoms with Crippen molar-refractivity contribution in [3.05, 3.63) is 40.8 Å². The third-order valence-electron chi connectivity index (χ3n) is 2.13. The van der Waals surface area contributed by atoms with Gasteiger partial charge >= 0.3 is 5.97 Å². The van der Waals surface area contributed by atoms with Gasteiger partial charge in [0.25, 0.3) is 0 Å². The van der Waals surface area contributed by atoms with Gasteiger partial charge in [0.15, 0.2) is 0 Å². The second kappa shape index (κ2) is 6.89. The summed E-state index contributed by atoms with van der Waals surface area (Å²) in [6, 6.07) is 3.10. The summed E-state index contributed by atoms with van der Waals surface area (Å²) >= 11 is 5.86. The molecule has 6 heteroatoms. The lowest BCUT2D eigenvalue weighted by atomic mass is 10.1. The van der Waals surface area contributed by atoms with Crippen LogP contribution in [0.15, 0.2) is 30.1 Å². The molecule has 0 aliphatic heterocycles. The van der Waals surface area contributed by atoms with E-state index in [1.54, 1.807) is 32.0 Å². The Balaban J connectivity index is 3.16. The van der Waals surface area contributed by atoms with E-state index in [0.717, 1.165) is 0 Å². The Morgan fingerprint density at radius 3 is 2.68 bits per heavy atom. The van der Waals surface area contributed by atoms with Gasteiger partial charge in [0.2, 0.25) is 5.78 Å². The van der Waals surface area contributed by atoms with Crippen LogP contribution in [0.1, 0.15) is 17.3 Å². The third-order valence-corrected chi connectivity index (χ3v) is 2.43. The van der Waals surface area contributed by atoms with Gasteiger partial charge in [0, 0.05) is 26.5 Å². The van der Waals surface area contributed by atoms with Gasteiger partial charge in [-0.25, -0.2) is 9.78 Å². The summed E-state index contributed by atoms with van der Waals surface area (Å²) in [5.41, 5.74) is 0.0899. The quantitative estimate of drug-likeness (QED) is 0.206. The van der Waals surface area contributed by atoms with Crippen molar-refractivity contribution in [2.24, 2.45) is 0 Å². The molecule has 0 radical (unpaired) electrons. The Morgan fingerprint density at radius 2 is 2.16 bits per heavy atom. The molecule has 0 saturated carbocycles. The first-order valence-corrected chi connectivity index (χ1v) is 6.05. The first-order chi connectivity index (χ1) is 8.97. The van der Waals surface area contributed by atoms with Crippen LogP contribution in [0.2, 0.25) is 5.15 Å². The van der Waals surface area contributed by atoms with Gasteiger partial charge in [-0.3, -0.25) is 4.79 Å². The number of esters is 1. The molecule has 0 aliphatic rings. The predicted octanol–water partition coefficient (Wildman–Crippen LogP) is 1.93. The van der Waals surface area contributed by atoms with Gasteiger partial charge in [-0.15, -0.1) is 0 Å². The van der Waals surface area contributed by atoms with Crippen molar-refractivity contribution in [1.82, 2.24) is 9.88 Å². The lowest BCUT2D eigenvalue weighted by Crippen LogP contribution is -2.19. The molecule has 102 valence electrons. The van der Waals surface area contributed by atoms with E-state index < -0.39 is 11.8 Å². The monoisotopic (exact) mass is 282 g/mol. The first-order valence-electron chi connectivity index (χ1n) is 5.68. The van der Waals surface area contributed by atoms with Gasteiger partial charge in [-0.05, 0) is 19.1 Å². The van der Waals surface area contributed by atoms with Crippen LogP contribution in [-0.4, -0.2) is 42.3 Å². The van der Waals surface area contributed by atoms with Gasteiger partial charge in [0.05, 0.1) is 12.2 Å². The third kappa shape index (κ3) is 4.06. The minimum Gasteiger partial charge on any atom is -0.462 e. The molecule has 5 nitrogen and oxygen atoms in total. The summed E-state index contributed by atoms with van der Waals surface area (Å²) in [4.78, 5) is 29.5. The summed E-state index contributed by atoms with van der Waals surface area (Å²) in [6.45, 7) is 1.87. The Labute approximate surface area is 116 Å². The molecule has 0 aromatic carbocycles.